The van der Waals surface area contributed by atoms with Crippen molar-refractivity contribution in [3.8, 4) is 0 Å². The fourth-order valence-electron chi connectivity index (χ4n) is 1.74. The van der Waals surface area contributed by atoms with Crippen LogP contribution in [-0.4, -0.2) is 43.6 Å². The van der Waals surface area contributed by atoms with Crippen molar-refractivity contribution < 1.29 is 27.8 Å². The zero-order chi connectivity index (χ0) is 12.9. The molecular weight excluding hydrogens is 239 g/mol. The van der Waals surface area contributed by atoms with Crippen molar-refractivity contribution >= 4 is 5.97 Å². The molecule has 2 atom stereocenters. The Hall–Kier alpha value is -0.820. The average molecular weight is 255 g/mol. The van der Waals surface area contributed by atoms with E-state index in [0.717, 1.165) is 12.8 Å². The van der Waals surface area contributed by atoms with Crippen LogP contribution in [0.15, 0.2) is 0 Å². The number of hydrogen-bond acceptors (Lipinski definition) is 3. The number of carboxylic acids is 1. The lowest BCUT2D eigenvalue weighted by molar-refractivity contribution is -0.192. The fraction of sp³-hybridized carbons (Fsp3) is 0.900. The number of rotatable bonds is 5. The summed E-state index contributed by atoms with van der Waals surface area (Å²) in [5.74, 6) is -4.01. The van der Waals surface area contributed by atoms with E-state index in [4.69, 9.17) is 9.84 Å². The first-order chi connectivity index (χ1) is 7.91. The van der Waals surface area contributed by atoms with Gasteiger partial charge < -0.3 is 15.2 Å². The van der Waals surface area contributed by atoms with Gasteiger partial charge in [-0.2, -0.15) is 13.2 Å². The Labute approximate surface area is 97.1 Å². The van der Waals surface area contributed by atoms with Crippen molar-refractivity contribution in [2.24, 2.45) is 11.8 Å². The number of nitrogens with one attached hydrogen (secondary N) is 1. The Morgan fingerprint density at radius 3 is 2.71 bits per heavy atom. The van der Waals surface area contributed by atoms with Gasteiger partial charge in [-0.15, -0.1) is 0 Å². The molecule has 0 aromatic rings. The molecule has 1 rings (SSSR count). The molecule has 1 heterocycles. The van der Waals surface area contributed by atoms with Gasteiger partial charge in [-0.3, -0.25) is 4.79 Å². The topological polar surface area (TPSA) is 58.6 Å². The van der Waals surface area contributed by atoms with Crippen LogP contribution in [0.3, 0.4) is 0 Å². The number of hydrogen-bond donors (Lipinski definition) is 2. The van der Waals surface area contributed by atoms with E-state index >= 15 is 0 Å². The summed E-state index contributed by atoms with van der Waals surface area (Å²) in [6, 6.07) is 0. The Morgan fingerprint density at radius 1 is 1.53 bits per heavy atom. The lowest BCUT2D eigenvalue weighted by Crippen LogP contribution is -2.41. The van der Waals surface area contributed by atoms with Crippen LogP contribution < -0.4 is 5.32 Å². The van der Waals surface area contributed by atoms with Gasteiger partial charge in [-0.1, -0.05) is 0 Å². The van der Waals surface area contributed by atoms with E-state index < -0.39 is 24.6 Å². The molecule has 0 spiro atoms. The summed E-state index contributed by atoms with van der Waals surface area (Å²) in [4.78, 5) is 10.4. The van der Waals surface area contributed by atoms with Crippen molar-refractivity contribution in [3.05, 3.63) is 0 Å². The Bertz CT molecular complexity index is 252. The maximum Gasteiger partial charge on any atom is 0.403 e. The molecule has 1 aliphatic rings. The zero-order valence-corrected chi connectivity index (χ0v) is 9.29. The molecule has 17 heavy (non-hydrogen) atoms. The van der Waals surface area contributed by atoms with E-state index in [2.05, 4.69) is 5.32 Å². The predicted octanol–water partition coefficient (Wildman–Crippen LogP) is 1.27. The monoisotopic (exact) mass is 255 g/mol. The quantitative estimate of drug-likeness (QED) is 0.776. The van der Waals surface area contributed by atoms with Gasteiger partial charge >= 0.3 is 12.1 Å². The second-order valence-corrected chi connectivity index (χ2v) is 4.17. The number of carbonyl (C=O) groups is 1. The van der Waals surface area contributed by atoms with Gasteiger partial charge in [0.05, 0.1) is 6.61 Å². The molecule has 1 aliphatic heterocycles. The van der Waals surface area contributed by atoms with E-state index in [1.54, 1.807) is 0 Å². The smallest absolute Gasteiger partial charge is 0.403 e. The third-order valence-corrected chi connectivity index (χ3v) is 2.73. The number of carboxylic acid groups (broad SMARTS) is 1. The molecule has 2 N–H and O–H groups in total. The highest BCUT2D eigenvalue weighted by atomic mass is 19.4. The Balaban J connectivity index is 2.29. The summed E-state index contributed by atoms with van der Waals surface area (Å²) in [7, 11) is 0. The van der Waals surface area contributed by atoms with Crippen LogP contribution in [0.4, 0.5) is 13.2 Å². The van der Waals surface area contributed by atoms with Crippen molar-refractivity contribution in [2.45, 2.75) is 19.0 Å². The average Bonchev–Trinajstić information content (AvgIpc) is 2.23. The Kier molecular flexibility index (Phi) is 5.20. The molecular formula is C10H16F3NO3. The van der Waals surface area contributed by atoms with Gasteiger partial charge in [0.25, 0.3) is 0 Å². The summed E-state index contributed by atoms with van der Waals surface area (Å²) in [6.07, 6.45) is -2.91. The maximum atomic E-state index is 12.3. The highest BCUT2D eigenvalue weighted by molar-refractivity contribution is 5.71. The number of alkyl halides is 3. The molecule has 0 bridgehead atoms. The first-order valence-corrected chi connectivity index (χ1v) is 5.49. The summed E-state index contributed by atoms with van der Waals surface area (Å²) >= 11 is 0. The normalized spacial score (nSPS) is 23.4. The maximum absolute atomic E-state index is 12.3. The first kappa shape index (κ1) is 14.2. The molecule has 2 unspecified atom stereocenters. The van der Waals surface area contributed by atoms with Crippen molar-refractivity contribution in [3.63, 3.8) is 0 Å². The fourth-order valence-corrected chi connectivity index (χ4v) is 1.74. The van der Waals surface area contributed by atoms with Crippen LogP contribution in [0.2, 0.25) is 0 Å². The summed E-state index contributed by atoms with van der Waals surface area (Å²) in [5.41, 5.74) is 0. The molecule has 0 aromatic heterocycles. The molecule has 0 amide bonds. The highest BCUT2D eigenvalue weighted by Crippen LogP contribution is 2.26. The van der Waals surface area contributed by atoms with Crippen molar-refractivity contribution in [2.75, 3.05) is 26.3 Å². The van der Waals surface area contributed by atoms with E-state index in [-0.39, 0.29) is 5.92 Å². The van der Waals surface area contributed by atoms with E-state index in [1.807, 2.05) is 0 Å². The van der Waals surface area contributed by atoms with Crippen molar-refractivity contribution in [1.82, 2.24) is 5.32 Å². The number of halogens is 3. The molecule has 1 fully saturated rings. The van der Waals surface area contributed by atoms with E-state index in [9.17, 15) is 18.0 Å². The lowest BCUT2D eigenvalue weighted by atomic mass is 10.0. The number of ether oxygens (including phenoxy) is 1. The molecule has 100 valence electrons. The largest absolute Gasteiger partial charge is 0.481 e. The van der Waals surface area contributed by atoms with Crippen LogP contribution in [0.5, 0.6) is 0 Å². The Morgan fingerprint density at radius 2 is 2.24 bits per heavy atom. The van der Waals surface area contributed by atoms with Gasteiger partial charge in [-0.25, -0.2) is 0 Å². The molecule has 1 saturated heterocycles. The predicted molar refractivity (Wildman–Crippen MR) is 53.6 cm³/mol. The molecule has 0 aliphatic carbocycles. The minimum Gasteiger partial charge on any atom is -0.481 e. The molecule has 4 nitrogen and oxygen atoms in total. The minimum atomic E-state index is -4.71. The van der Waals surface area contributed by atoms with Crippen LogP contribution in [0, 0.1) is 11.8 Å². The number of aliphatic carboxylic acids is 1. The van der Waals surface area contributed by atoms with Crippen LogP contribution in [0.25, 0.3) is 0 Å². The standard InChI is InChI=1S/C10H16F3NO3/c11-10(12,13)8(9(15)16)5-14-4-7-2-1-3-17-6-7/h7-8,14H,1-6H2,(H,15,16). The lowest BCUT2D eigenvalue weighted by Gasteiger charge is -2.23. The highest BCUT2D eigenvalue weighted by Gasteiger charge is 2.44. The first-order valence-electron chi connectivity index (χ1n) is 5.49. The molecule has 7 heteroatoms. The van der Waals surface area contributed by atoms with Crippen LogP contribution in [-0.2, 0) is 9.53 Å². The third kappa shape index (κ3) is 4.91. The van der Waals surface area contributed by atoms with Gasteiger partial charge in [-0.05, 0) is 18.8 Å². The van der Waals surface area contributed by atoms with Gasteiger partial charge in [0.2, 0.25) is 0 Å². The zero-order valence-electron chi connectivity index (χ0n) is 9.29. The van der Waals surface area contributed by atoms with Crippen LogP contribution in [0.1, 0.15) is 12.8 Å². The SMILES string of the molecule is O=C(O)C(CNCC1CCCOC1)C(F)(F)F. The van der Waals surface area contributed by atoms with E-state index in [0.29, 0.717) is 19.8 Å². The summed E-state index contributed by atoms with van der Waals surface area (Å²) < 4.78 is 42.0. The third-order valence-electron chi connectivity index (χ3n) is 2.73. The second-order valence-electron chi connectivity index (χ2n) is 4.17. The minimum absolute atomic E-state index is 0.173. The van der Waals surface area contributed by atoms with Gasteiger partial charge in [0.1, 0.15) is 0 Å². The van der Waals surface area contributed by atoms with Crippen LogP contribution >= 0.6 is 0 Å². The molecule has 0 saturated carbocycles. The second kappa shape index (κ2) is 6.20. The van der Waals surface area contributed by atoms with E-state index in [1.165, 1.54) is 0 Å². The van der Waals surface area contributed by atoms with Gasteiger partial charge in [0.15, 0.2) is 5.92 Å². The van der Waals surface area contributed by atoms with Gasteiger partial charge in [0, 0.05) is 19.7 Å². The summed E-state index contributed by atoms with van der Waals surface area (Å²) in [6.45, 7) is 0.989. The summed E-state index contributed by atoms with van der Waals surface area (Å²) in [5, 5.41) is 11.0. The molecule has 0 radical (unpaired) electrons. The van der Waals surface area contributed by atoms with Crippen molar-refractivity contribution in [1.29, 1.82) is 0 Å². The molecule has 0 aromatic carbocycles.